The highest BCUT2D eigenvalue weighted by Gasteiger charge is 2.25. The Bertz CT molecular complexity index is 1330. The van der Waals surface area contributed by atoms with Crippen molar-refractivity contribution in [2.75, 3.05) is 26.4 Å². The lowest BCUT2D eigenvalue weighted by atomic mass is 10.1. The molecule has 0 amide bonds. The van der Waals surface area contributed by atoms with Crippen molar-refractivity contribution in [1.82, 2.24) is 0 Å². The summed E-state index contributed by atoms with van der Waals surface area (Å²) in [5.74, 6) is -0.902. The van der Waals surface area contributed by atoms with Gasteiger partial charge >= 0.3 is 19.8 Å². The van der Waals surface area contributed by atoms with Crippen LogP contribution in [-0.2, 0) is 32.7 Å². The number of hydrogen-bond donors (Lipinski definition) is 2. The predicted octanol–water partition coefficient (Wildman–Crippen LogP) is 13.2. The number of carbonyl (C=O) groups excluding carboxylic acids is 2. The Balaban J connectivity index is 4.27. The van der Waals surface area contributed by atoms with Crippen molar-refractivity contribution < 1.29 is 37.6 Å². The van der Waals surface area contributed by atoms with Crippen molar-refractivity contribution in [2.24, 2.45) is 5.73 Å². The summed E-state index contributed by atoms with van der Waals surface area (Å²) in [6.07, 6.45) is 58.3. The van der Waals surface area contributed by atoms with E-state index in [9.17, 15) is 19.0 Å². The van der Waals surface area contributed by atoms with Gasteiger partial charge in [0.15, 0.2) is 6.10 Å². The lowest BCUT2D eigenvalue weighted by Gasteiger charge is -2.19. The number of unbranched alkanes of at least 4 members (excludes halogenated alkanes) is 9. The Morgan fingerprint density at radius 3 is 1.34 bits per heavy atom. The third-order valence-corrected chi connectivity index (χ3v) is 9.64. The first kappa shape index (κ1) is 55.7. The molecule has 59 heavy (non-hydrogen) atoms. The average molecular weight is 842 g/mol. The first-order valence-electron chi connectivity index (χ1n) is 22.4. The molecule has 0 aromatic heterocycles. The summed E-state index contributed by atoms with van der Waals surface area (Å²) in [4.78, 5) is 34.9. The minimum atomic E-state index is -4.40. The Morgan fingerprint density at radius 2 is 0.881 bits per heavy atom. The Kier molecular flexibility index (Phi) is 41.7. The first-order chi connectivity index (χ1) is 28.8. The molecule has 0 aromatic carbocycles. The molecule has 334 valence electrons. The van der Waals surface area contributed by atoms with E-state index < -0.39 is 32.5 Å². The molecule has 0 aliphatic carbocycles. The number of allylic oxidation sites excluding steroid dienone is 18. The molecule has 0 rings (SSSR count). The molecule has 0 spiro atoms. The van der Waals surface area contributed by atoms with Crippen LogP contribution in [0.15, 0.2) is 109 Å². The highest BCUT2D eigenvalue weighted by molar-refractivity contribution is 7.47. The third-order valence-electron chi connectivity index (χ3n) is 8.65. The fourth-order valence-electron chi connectivity index (χ4n) is 5.41. The number of ether oxygens (including phenoxy) is 2. The van der Waals surface area contributed by atoms with Gasteiger partial charge in [-0.05, 0) is 96.3 Å². The summed E-state index contributed by atoms with van der Waals surface area (Å²) in [6, 6.07) is 0. The molecule has 0 radical (unpaired) electrons. The van der Waals surface area contributed by atoms with Crippen LogP contribution >= 0.6 is 7.82 Å². The molecule has 0 fully saturated rings. The quantitative estimate of drug-likeness (QED) is 0.0267. The van der Waals surface area contributed by atoms with E-state index in [1.165, 1.54) is 19.3 Å². The Morgan fingerprint density at radius 1 is 0.508 bits per heavy atom. The molecule has 0 saturated heterocycles. The fraction of sp³-hybridized carbons (Fsp3) is 0.592. The van der Waals surface area contributed by atoms with Gasteiger partial charge in [-0.2, -0.15) is 0 Å². The molecule has 0 aliphatic heterocycles. The van der Waals surface area contributed by atoms with Crippen molar-refractivity contribution in [2.45, 2.75) is 161 Å². The van der Waals surface area contributed by atoms with E-state index >= 15 is 0 Å². The second-order valence-electron chi connectivity index (χ2n) is 14.1. The maximum atomic E-state index is 12.6. The molecule has 2 atom stereocenters. The van der Waals surface area contributed by atoms with Crippen molar-refractivity contribution in [3.05, 3.63) is 109 Å². The van der Waals surface area contributed by atoms with Gasteiger partial charge in [0.2, 0.25) is 0 Å². The van der Waals surface area contributed by atoms with E-state index in [4.69, 9.17) is 24.3 Å². The van der Waals surface area contributed by atoms with Gasteiger partial charge in [0.1, 0.15) is 6.61 Å². The van der Waals surface area contributed by atoms with Crippen LogP contribution in [0.3, 0.4) is 0 Å². The van der Waals surface area contributed by atoms with Gasteiger partial charge in [0, 0.05) is 19.4 Å². The summed E-state index contributed by atoms with van der Waals surface area (Å²) < 4.78 is 32.8. The van der Waals surface area contributed by atoms with E-state index in [2.05, 4.69) is 123 Å². The molecule has 0 heterocycles. The monoisotopic (exact) mass is 842 g/mol. The number of phosphoric acid groups is 1. The average Bonchev–Trinajstić information content (AvgIpc) is 3.22. The van der Waals surface area contributed by atoms with Crippen LogP contribution in [0.1, 0.15) is 155 Å². The molecule has 0 saturated carbocycles. The number of nitrogens with two attached hydrogens (primary N) is 1. The Hall–Kier alpha value is -3.33. The maximum Gasteiger partial charge on any atom is 0.472 e. The number of esters is 2. The molecule has 0 aliphatic rings. The van der Waals surface area contributed by atoms with Crippen molar-refractivity contribution >= 4 is 19.8 Å². The van der Waals surface area contributed by atoms with Gasteiger partial charge in [-0.3, -0.25) is 18.6 Å². The van der Waals surface area contributed by atoms with Crippen LogP contribution in [0.2, 0.25) is 0 Å². The standard InChI is InChI=1S/C49H80NO8P/c1-3-5-7-9-11-13-15-17-19-21-22-23-24-26-28-30-32-34-36-38-40-42-49(52)58-47(46-57-59(53,54)56-44-43-50)45-55-48(51)41-39-37-35-33-31-29-27-25-20-18-16-14-12-10-8-6-4-2/h5-8,11-14,17-20,22-23,26,28,32,34,47H,3-4,9-10,15-16,21,24-25,27,29-31,33,35-46,50H2,1-2H3,(H,53,54)/b7-5-,8-6-,13-11-,14-12-,19-17-,20-18-,23-22-,28-26-,34-32-. The summed E-state index contributed by atoms with van der Waals surface area (Å²) in [6.45, 7) is 3.42. The lowest BCUT2D eigenvalue weighted by Crippen LogP contribution is -2.29. The molecular weight excluding hydrogens is 762 g/mol. The summed E-state index contributed by atoms with van der Waals surface area (Å²) in [5, 5.41) is 0. The van der Waals surface area contributed by atoms with Gasteiger partial charge in [0.25, 0.3) is 0 Å². The van der Waals surface area contributed by atoms with Crippen LogP contribution in [0.4, 0.5) is 0 Å². The second kappa shape index (κ2) is 44.2. The van der Waals surface area contributed by atoms with Crippen LogP contribution in [0.5, 0.6) is 0 Å². The second-order valence-corrected chi connectivity index (χ2v) is 15.6. The molecule has 2 unspecified atom stereocenters. The van der Waals surface area contributed by atoms with Crippen LogP contribution < -0.4 is 5.73 Å². The van der Waals surface area contributed by atoms with Gasteiger partial charge in [-0.1, -0.05) is 155 Å². The van der Waals surface area contributed by atoms with E-state index in [0.717, 1.165) is 96.3 Å². The molecule has 0 aromatic rings. The highest BCUT2D eigenvalue weighted by atomic mass is 31.2. The predicted molar refractivity (Wildman–Crippen MR) is 247 cm³/mol. The topological polar surface area (TPSA) is 134 Å². The zero-order valence-corrected chi connectivity index (χ0v) is 37.6. The zero-order chi connectivity index (χ0) is 43.2. The van der Waals surface area contributed by atoms with Crippen LogP contribution in [0, 0.1) is 0 Å². The van der Waals surface area contributed by atoms with Crippen LogP contribution in [0.25, 0.3) is 0 Å². The summed E-state index contributed by atoms with van der Waals surface area (Å²) >= 11 is 0. The van der Waals surface area contributed by atoms with Gasteiger partial charge in [-0.25, -0.2) is 4.57 Å². The SMILES string of the molecule is CC/C=C\C/C=C\C/C=C\C/C=C\C/C=C\C/C=C\CCCCC(=O)OC(COC(=O)CCCCCCCCC/C=C\C/C=C\C/C=C\CC)COP(=O)(O)OCCN. The number of hydrogen-bond acceptors (Lipinski definition) is 8. The third kappa shape index (κ3) is 44.1. The molecule has 3 N–H and O–H groups in total. The smallest absolute Gasteiger partial charge is 0.462 e. The minimum absolute atomic E-state index is 0.0379. The van der Waals surface area contributed by atoms with Gasteiger partial charge in [0.05, 0.1) is 13.2 Å². The van der Waals surface area contributed by atoms with E-state index in [0.29, 0.717) is 12.8 Å². The first-order valence-corrected chi connectivity index (χ1v) is 23.9. The maximum absolute atomic E-state index is 12.6. The van der Waals surface area contributed by atoms with E-state index in [-0.39, 0.29) is 32.6 Å². The van der Waals surface area contributed by atoms with Crippen molar-refractivity contribution in [1.29, 1.82) is 0 Å². The number of rotatable bonds is 40. The number of phosphoric ester groups is 1. The zero-order valence-electron chi connectivity index (χ0n) is 36.7. The Labute approximate surface area is 359 Å². The van der Waals surface area contributed by atoms with E-state index in [1.54, 1.807) is 0 Å². The summed E-state index contributed by atoms with van der Waals surface area (Å²) in [7, 11) is -4.40. The number of carbonyl (C=O) groups is 2. The van der Waals surface area contributed by atoms with Crippen molar-refractivity contribution in [3.8, 4) is 0 Å². The molecule has 9 nitrogen and oxygen atoms in total. The van der Waals surface area contributed by atoms with E-state index in [1.807, 2.05) is 0 Å². The van der Waals surface area contributed by atoms with Gasteiger partial charge in [-0.15, -0.1) is 0 Å². The summed E-state index contributed by atoms with van der Waals surface area (Å²) in [5.41, 5.74) is 5.35. The largest absolute Gasteiger partial charge is 0.472 e. The lowest BCUT2D eigenvalue weighted by molar-refractivity contribution is -0.161. The highest BCUT2D eigenvalue weighted by Crippen LogP contribution is 2.43. The van der Waals surface area contributed by atoms with Gasteiger partial charge < -0.3 is 20.1 Å². The molecular formula is C49H80NO8P. The molecule has 0 bridgehead atoms. The minimum Gasteiger partial charge on any atom is -0.462 e. The fourth-order valence-corrected chi connectivity index (χ4v) is 6.18. The normalized spacial score (nSPS) is 14.3. The van der Waals surface area contributed by atoms with Crippen molar-refractivity contribution in [3.63, 3.8) is 0 Å². The molecule has 10 heteroatoms. The van der Waals surface area contributed by atoms with Crippen LogP contribution in [-0.4, -0.2) is 49.3 Å².